The monoisotopic (exact) mass is 201 g/mol. The molecule has 0 heterocycles. The Morgan fingerprint density at radius 1 is 1.36 bits per heavy atom. The highest BCUT2D eigenvalue weighted by atomic mass is 16.5. The summed E-state index contributed by atoms with van der Waals surface area (Å²) in [6.07, 6.45) is -0.148. The Bertz CT molecular complexity index is 237. The van der Waals surface area contributed by atoms with Gasteiger partial charge in [-0.15, -0.1) is 0 Å². The number of ether oxygens (including phenoxy) is 1. The summed E-state index contributed by atoms with van der Waals surface area (Å²) in [7, 11) is 1.56. The smallest absolute Gasteiger partial charge is 0.374 e. The predicted octanol–water partition coefficient (Wildman–Crippen LogP) is -0.314. The maximum Gasteiger partial charge on any atom is 0.374 e. The maximum atomic E-state index is 11.1. The molecule has 5 nitrogen and oxygen atoms in total. The van der Waals surface area contributed by atoms with Crippen molar-refractivity contribution < 1.29 is 19.1 Å². The van der Waals surface area contributed by atoms with Crippen molar-refractivity contribution >= 4 is 17.5 Å². The van der Waals surface area contributed by atoms with E-state index in [1.165, 1.54) is 6.92 Å². The topological polar surface area (TPSA) is 72.5 Å². The standard InChI is InChI=1S/C9H15NO4/c1-4-14-9(13)8(12)5-7(10-3)6(2)11/h7,10H,4-5H2,1-3H3/t7-/m0/s1. The van der Waals surface area contributed by atoms with Gasteiger partial charge in [-0.1, -0.05) is 0 Å². The Kier molecular flexibility index (Phi) is 5.71. The molecule has 0 bridgehead atoms. The summed E-state index contributed by atoms with van der Waals surface area (Å²) < 4.78 is 4.50. The predicted molar refractivity (Wildman–Crippen MR) is 49.8 cm³/mol. The van der Waals surface area contributed by atoms with E-state index in [0.29, 0.717) is 0 Å². The van der Waals surface area contributed by atoms with Gasteiger partial charge in [0, 0.05) is 6.42 Å². The normalized spacial score (nSPS) is 11.9. The highest BCUT2D eigenvalue weighted by Gasteiger charge is 2.22. The lowest BCUT2D eigenvalue weighted by molar-refractivity contribution is -0.153. The minimum Gasteiger partial charge on any atom is -0.460 e. The van der Waals surface area contributed by atoms with E-state index in [0.717, 1.165) is 0 Å². The molecule has 0 aliphatic rings. The number of hydrogen-bond donors (Lipinski definition) is 1. The molecule has 0 unspecified atom stereocenters. The minimum absolute atomic E-state index is 0.148. The number of esters is 1. The molecule has 80 valence electrons. The molecule has 0 aliphatic heterocycles. The van der Waals surface area contributed by atoms with Gasteiger partial charge in [0.15, 0.2) is 0 Å². The molecule has 1 atom stereocenters. The van der Waals surface area contributed by atoms with E-state index in [4.69, 9.17) is 0 Å². The van der Waals surface area contributed by atoms with Crippen molar-refractivity contribution in [1.82, 2.24) is 5.32 Å². The first-order valence-corrected chi connectivity index (χ1v) is 4.40. The van der Waals surface area contributed by atoms with Crippen molar-refractivity contribution in [2.24, 2.45) is 0 Å². The van der Waals surface area contributed by atoms with Gasteiger partial charge >= 0.3 is 5.97 Å². The molecule has 0 aliphatic carbocycles. The fourth-order valence-electron chi connectivity index (χ4n) is 0.929. The van der Waals surface area contributed by atoms with Gasteiger partial charge in [-0.05, 0) is 20.9 Å². The molecule has 0 amide bonds. The van der Waals surface area contributed by atoms with E-state index in [1.807, 2.05) is 0 Å². The second kappa shape index (κ2) is 6.26. The molecule has 1 N–H and O–H groups in total. The molecule has 0 fully saturated rings. The van der Waals surface area contributed by atoms with Crippen LogP contribution in [0.25, 0.3) is 0 Å². The van der Waals surface area contributed by atoms with E-state index in [2.05, 4.69) is 10.1 Å². The number of carbonyl (C=O) groups is 3. The first kappa shape index (κ1) is 12.8. The van der Waals surface area contributed by atoms with Crippen LogP contribution in [-0.2, 0) is 19.1 Å². The van der Waals surface area contributed by atoms with Gasteiger partial charge in [0.1, 0.15) is 5.78 Å². The van der Waals surface area contributed by atoms with Gasteiger partial charge < -0.3 is 10.1 Å². The molecule has 0 aromatic carbocycles. The van der Waals surface area contributed by atoms with E-state index < -0.39 is 17.8 Å². The van der Waals surface area contributed by atoms with Crippen molar-refractivity contribution in [2.75, 3.05) is 13.7 Å². The highest BCUT2D eigenvalue weighted by molar-refractivity contribution is 6.34. The average molecular weight is 201 g/mol. The third kappa shape index (κ3) is 4.13. The molecule has 0 spiro atoms. The molecule has 0 aromatic heterocycles. The summed E-state index contributed by atoms with van der Waals surface area (Å²) in [4.78, 5) is 33.0. The zero-order valence-corrected chi connectivity index (χ0v) is 8.62. The van der Waals surface area contributed by atoms with Crippen molar-refractivity contribution in [3.05, 3.63) is 0 Å². The number of carbonyl (C=O) groups excluding carboxylic acids is 3. The number of Topliss-reactive ketones (excluding diaryl/α,β-unsaturated/α-hetero) is 2. The molecule has 0 saturated carbocycles. The van der Waals surface area contributed by atoms with Crippen LogP contribution < -0.4 is 5.32 Å². The lowest BCUT2D eigenvalue weighted by Crippen LogP contribution is -2.36. The quantitative estimate of drug-likeness (QED) is 0.471. The van der Waals surface area contributed by atoms with Gasteiger partial charge in [0.2, 0.25) is 5.78 Å². The number of nitrogens with one attached hydrogen (secondary N) is 1. The highest BCUT2D eigenvalue weighted by Crippen LogP contribution is 1.96. The molecular formula is C9H15NO4. The second-order valence-corrected chi connectivity index (χ2v) is 2.80. The van der Waals surface area contributed by atoms with Crippen molar-refractivity contribution in [3.63, 3.8) is 0 Å². The van der Waals surface area contributed by atoms with E-state index in [1.54, 1.807) is 14.0 Å². The Hall–Kier alpha value is -1.23. The number of likely N-dealkylation sites (N-methyl/N-ethyl adjacent to an activating group) is 1. The summed E-state index contributed by atoms with van der Waals surface area (Å²) in [6, 6.07) is -0.605. The van der Waals surface area contributed by atoms with Crippen LogP contribution in [0.3, 0.4) is 0 Å². The largest absolute Gasteiger partial charge is 0.460 e. The van der Waals surface area contributed by atoms with Crippen LogP contribution in [0.15, 0.2) is 0 Å². The van der Waals surface area contributed by atoms with Crippen LogP contribution in [0.1, 0.15) is 20.3 Å². The van der Waals surface area contributed by atoms with Crippen molar-refractivity contribution in [1.29, 1.82) is 0 Å². The molecule has 0 radical (unpaired) electrons. The second-order valence-electron chi connectivity index (χ2n) is 2.80. The summed E-state index contributed by atoms with van der Waals surface area (Å²) >= 11 is 0. The SMILES string of the molecule is CCOC(=O)C(=O)C[C@H](NC)C(C)=O. The van der Waals surface area contributed by atoms with Gasteiger partial charge in [-0.3, -0.25) is 9.59 Å². The average Bonchev–Trinajstić information content (AvgIpc) is 2.13. The number of hydrogen-bond acceptors (Lipinski definition) is 5. The Balaban J connectivity index is 4.15. The van der Waals surface area contributed by atoms with Crippen molar-refractivity contribution in [2.45, 2.75) is 26.3 Å². The van der Waals surface area contributed by atoms with Crippen LogP contribution in [0.4, 0.5) is 0 Å². The lowest BCUT2D eigenvalue weighted by Gasteiger charge is -2.10. The zero-order chi connectivity index (χ0) is 11.1. The van der Waals surface area contributed by atoms with Crippen LogP contribution in [0.2, 0.25) is 0 Å². The van der Waals surface area contributed by atoms with Gasteiger partial charge in [-0.2, -0.15) is 0 Å². The fourth-order valence-corrected chi connectivity index (χ4v) is 0.929. The molecule has 14 heavy (non-hydrogen) atoms. The van der Waals surface area contributed by atoms with E-state index in [9.17, 15) is 14.4 Å². The summed E-state index contributed by atoms with van der Waals surface area (Å²) in [5.74, 6) is -1.74. The third-order valence-corrected chi connectivity index (χ3v) is 1.73. The van der Waals surface area contributed by atoms with E-state index in [-0.39, 0.29) is 18.8 Å². The first-order chi connectivity index (χ1) is 6.52. The molecule has 0 rings (SSSR count). The Morgan fingerprint density at radius 3 is 2.29 bits per heavy atom. The van der Waals surface area contributed by atoms with Gasteiger partial charge in [-0.25, -0.2) is 4.79 Å². The van der Waals surface area contributed by atoms with Crippen LogP contribution in [0.5, 0.6) is 0 Å². The van der Waals surface area contributed by atoms with Gasteiger partial charge in [0.05, 0.1) is 12.6 Å². The van der Waals surface area contributed by atoms with Crippen LogP contribution in [0, 0.1) is 0 Å². The van der Waals surface area contributed by atoms with Crippen molar-refractivity contribution in [3.8, 4) is 0 Å². The number of rotatable bonds is 6. The number of ketones is 2. The minimum atomic E-state index is -0.881. The fraction of sp³-hybridized carbons (Fsp3) is 0.667. The maximum absolute atomic E-state index is 11.1. The molecule has 0 aromatic rings. The molecular weight excluding hydrogens is 186 g/mol. The van der Waals surface area contributed by atoms with Crippen LogP contribution >= 0.6 is 0 Å². The Morgan fingerprint density at radius 2 is 1.93 bits per heavy atom. The first-order valence-electron chi connectivity index (χ1n) is 4.40. The molecule has 5 heteroatoms. The summed E-state index contributed by atoms with van der Waals surface area (Å²) in [5.41, 5.74) is 0. The van der Waals surface area contributed by atoms with E-state index >= 15 is 0 Å². The molecule has 0 saturated heterocycles. The lowest BCUT2D eigenvalue weighted by atomic mass is 10.1. The zero-order valence-electron chi connectivity index (χ0n) is 8.62. The Labute approximate surface area is 82.8 Å². The third-order valence-electron chi connectivity index (χ3n) is 1.73. The summed E-state index contributed by atoms with van der Waals surface area (Å²) in [5, 5.41) is 2.65. The van der Waals surface area contributed by atoms with Crippen LogP contribution in [-0.4, -0.2) is 37.2 Å². The summed E-state index contributed by atoms with van der Waals surface area (Å²) in [6.45, 7) is 3.14. The van der Waals surface area contributed by atoms with Gasteiger partial charge in [0.25, 0.3) is 0 Å².